The summed E-state index contributed by atoms with van der Waals surface area (Å²) in [4.78, 5) is 12.1. The molecule has 9 heavy (non-hydrogen) atoms. The monoisotopic (exact) mass is 155 g/mol. The van der Waals surface area contributed by atoms with Crippen molar-refractivity contribution in [3.63, 3.8) is 0 Å². The highest BCUT2D eigenvalue weighted by Gasteiger charge is 2.16. The van der Waals surface area contributed by atoms with E-state index >= 15 is 0 Å². The van der Waals surface area contributed by atoms with Gasteiger partial charge >= 0.3 is 7.76 Å². The molecule has 0 aromatic heterocycles. The van der Waals surface area contributed by atoms with Gasteiger partial charge < -0.3 is 0 Å². The Morgan fingerprint density at radius 1 is 1.56 bits per heavy atom. The predicted molar refractivity (Wildman–Crippen MR) is 27.7 cm³/mol. The summed E-state index contributed by atoms with van der Waals surface area (Å²) in [6, 6.07) is 0. The molecule has 0 radical (unpaired) electrons. The van der Waals surface area contributed by atoms with Crippen molar-refractivity contribution in [2.75, 3.05) is 12.7 Å². The maximum absolute atomic E-state index is 11.4. The molecule has 0 heterocycles. The number of halogens is 2. The van der Waals surface area contributed by atoms with Crippen molar-refractivity contribution in [3.8, 4) is 0 Å². The standard InChI is InChI=1S/C3H4F2NO2P/c4-9(5,8)2-1-6-3-7/h1-2H2. The van der Waals surface area contributed by atoms with Gasteiger partial charge in [-0.3, -0.25) is 0 Å². The van der Waals surface area contributed by atoms with Crippen LogP contribution in [0.25, 0.3) is 0 Å². The number of rotatable bonds is 3. The van der Waals surface area contributed by atoms with Gasteiger partial charge in [0.25, 0.3) is 0 Å². The van der Waals surface area contributed by atoms with Gasteiger partial charge in [-0.25, -0.2) is 14.4 Å². The third kappa shape index (κ3) is 7.47. The Labute approximate surface area is 50.4 Å². The molecule has 0 aliphatic heterocycles. The van der Waals surface area contributed by atoms with Gasteiger partial charge in [0.05, 0.1) is 12.7 Å². The normalized spacial score (nSPS) is 10.4. The summed E-state index contributed by atoms with van der Waals surface area (Å²) in [7, 11) is -4.97. The van der Waals surface area contributed by atoms with E-state index in [1.165, 1.54) is 0 Å². The lowest BCUT2D eigenvalue weighted by atomic mass is 10.8. The van der Waals surface area contributed by atoms with Crippen LogP contribution in [0, 0.1) is 0 Å². The maximum Gasteiger partial charge on any atom is 0.404 e. The molecule has 0 saturated carbocycles. The van der Waals surface area contributed by atoms with Crippen molar-refractivity contribution in [1.82, 2.24) is 0 Å². The van der Waals surface area contributed by atoms with Gasteiger partial charge in [0.1, 0.15) is 0 Å². The second-order valence-corrected chi connectivity index (χ2v) is 2.85. The van der Waals surface area contributed by atoms with Crippen LogP contribution < -0.4 is 0 Å². The SMILES string of the molecule is O=C=NCCP(=O)(F)F. The first-order valence-corrected chi connectivity index (χ1v) is 3.75. The molecule has 0 aliphatic rings. The van der Waals surface area contributed by atoms with Crippen LogP contribution >= 0.6 is 7.76 Å². The third-order valence-electron chi connectivity index (χ3n) is 0.537. The molecule has 0 aliphatic carbocycles. The Bertz CT molecular complexity index is 171. The molecule has 0 bridgehead atoms. The fourth-order valence-corrected chi connectivity index (χ4v) is 0.545. The van der Waals surface area contributed by atoms with Crippen LogP contribution in [0.4, 0.5) is 8.39 Å². The van der Waals surface area contributed by atoms with Crippen LogP contribution in [0.2, 0.25) is 0 Å². The Kier molecular flexibility index (Phi) is 3.28. The van der Waals surface area contributed by atoms with E-state index in [0.29, 0.717) is 0 Å². The highest BCUT2D eigenvalue weighted by Crippen LogP contribution is 2.48. The van der Waals surface area contributed by atoms with Crippen LogP contribution in [0.15, 0.2) is 4.99 Å². The lowest BCUT2D eigenvalue weighted by Crippen LogP contribution is -1.84. The number of nitrogens with zero attached hydrogens (tertiary/aromatic N) is 1. The van der Waals surface area contributed by atoms with E-state index in [1.54, 1.807) is 0 Å². The smallest absolute Gasteiger partial charge is 0.250 e. The number of carbonyl (C=O) groups excluding carboxylic acids is 1. The number of aliphatic imine (C=N–C) groups is 1. The minimum Gasteiger partial charge on any atom is -0.250 e. The van der Waals surface area contributed by atoms with Crippen molar-refractivity contribution < 1.29 is 17.8 Å². The second kappa shape index (κ2) is 3.49. The zero-order valence-electron chi connectivity index (χ0n) is 4.38. The summed E-state index contributed by atoms with van der Waals surface area (Å²) in [6.45, 7) is -0.409. The van der Waals surface area contributed by atoms with Gasteiger partial charge in [0.2, 0.25) is 6.08 Å². The molecular weight excluding hydrogens is 151 g/mol. The van der Waals surface area contributed by atoms with Crippen molar-refractivity contribution in [2.45, 2.75) is 0 Å². The van der Waals surface area contributed by atoms with E-state index in [4.69, 9.17) is 0 Å². The Morgan fingerprint density at radius 3 is 2.44 bits per heavy atom. The fraction of sp³-hybridized carbons (Fsp3) is 0.667. The molecule has 0 unspecified atom stereocenters. The van der Waals surface area contributed by atoms with Gasteiger partial charge in [0.15, 0.2) is 0 Å². The summed E-state index contributed by atoms with van der Waals surface area (Å²) >= 11 is 0. The minimum atomic E-state index is -4.97. The van der Waals surface area contributed by atoms with Crippen LogP contribution in [0.1, 0.15) is 0 Å². The van der Waals surface area contributed by atoms with Crippen molar-refractivity contribution in [2.24, 2.45) is 4.99 Å². The van der Waals surface area contributed by atoms with Crippen LogP contribution in [0.5, 0.6) is 0 Å². The zero-order valence-corrected chi connectivity index (χ0v) is 5.28. The van der Waals surface area contributed by atoms with Crippen molar-refractivity contribution in [1.29, 1.82) is 0 Å². The van der Waals surface area contributed by atoms with E-state index in [1.807, 2.05) is 0 Å². The first kappa shape index (κ1) is 8.47. The Balaban J connectivity index is 3.52. The molecule has 3 nitrogen and oxygen atoms in total. The zero-order chi connectivity index (χ0) is 7.33. The van der Waals surface area contributed by atoms with E-state index < -0.39 is 20.5 Å². The second-order valence-electron chi connectivity index (χ2n) is 1.27. The van der Waals surface area contributed by atoms with Crippen LogP contribution in [-0.4, -0.2) is 18.8 Å². The lowest BCUT2D eigenvalue weighted by Gasteiger charge is -1.89. The topological polar surface area (TPSA) is 46.5 Å². The van der Waals surface area contributed by atoms with Gasteiger partial charge in [-0.2, -0.15) is 8.39 Å². The van der Waals surface area contributed by atoms with Crippen molar-refractivity contribution >= 4 is 13.8 Å². The maximum atomic E-state index is 11.4. The third-order valence-corrected chi connectivity index (χ3v) is 1.26. The summed E-state index contributed by atoms with van der Waals surface area (Å²) in [6.07, 6.45) is 0.230. The Morgan fingerprint density at radius 2 is 2.11 bits per heavy atom. The van der Waals surface area contributed by atoms with Gasteiger partial charge in [0, 0.05) is 0 Å². The van der Waals surface area contributed by atoms with Gasteiger partial charge in [-0.15, -0.1) is 0 Å². The molecule has 0 aromatic rings. The lowest BCUT2D eigenvalue weighted by molar-refractivity contribution is 0.494. The molecule has 0 saturated heterocycles. The quantitative estimate of drug-likeness (QED) is 0.351. The first-order valence-electron chi connectivity index (χ1n) is 2.08. The highest BCUT2D eigenvalue weighted by molar-refractivity contribution is 7.52. The highest BCUT2D eigenvalue weighted by atomic mass is 31.2. The molecule has 0 spiro atoms. The molecule has 6 heteroatoms. The average molecular weight is 155 g/mol. The number of hydrogen-bond acceptors (Lipinski definition) is 3. The summed E-state index contributed by atoms with van der Waals surface area (Å²) in [5.74, 6) is 0. The Hall–Kier alpha value is -0.530. The van der Waals surface area contributed by atoms with E-state index in [2.05, 4.69) is 4.99 Å². The molecule has 0 aromatic carbocycles. The molecule has 0 fully saturated rings. The molecule has 0 amide bonds. The van der Waals surface area contributed by atoms with E-state index in [9.17, 15) is 17.8 Å². The summed E-state index contributed by atoms with van der Waals surface area (Å²) in [5, 5.41) is 0. The molecule has 0 N–H and O–H groups in total. The van der Waals surface area contributed by atoms with Crippen molar-refractivity contribution in [3.05, 3.63) is 0 Å². The minimum absolute atomic E-state index is 0.409. The summed E-state index contributed by atoms with van der Waals surface area (Å²) < 4.78 is 32.4. The predicted octanol–water partition coefficient (Wildman–Crippen LogP) is 1.45. The fourth-order valence-electron chi connectivity index (χ4n) is 0.212. The molecular formula is C3H4F2NO2P. The molecule has 0 atom stereocenters. The largest absolute Gasteiger partial charge is 0.404 e. The van der Waals surface area contributed by atoms with Crippen LogP contribution in [0.3, 0.4) is 0 Å². The average Bonchev–Trinajstić information content (AvgIpc) is 1.63. The first-order chi connectivity index (χ1) is 4.06. The van der Waals surface area contributed by atoms with E-state index in [0.717, 1.165) is 6.08 Å². The van der Waals surface area contributed by atoms with Gasteiger partial charge in [-0.1, -0.05) is 0 Å². The summed E-state index contributed by atoms with van der Waals surface area (Å²) in [5.41, 5.74) is 0. The molecule has 52 valence electrons. The van der Waals surface area contributed by atoms with E-state index in [-0.39, 0.29) is 0 Å². The van der Waals surface area contributed by atoms with Crippen LogP contribution in [-0.2, 0) is 9.36 Å². The number of isocyanates is 1. The van der Waals surface area contributed by atoms with Gasteiger partial charge in [-0.05, 0) is 0 Å². The number of hydrogen-bond donors (Lipinski definition) is 0. The molecule has 0 rings (SSSR count).